The summed E-state index contributed by atoms with van der Waals surface area (Å²) in [6, 6.07) is 10.6. The summed E-state index contributed by atoms with van der Waals surface area (Å²) in [6.45, 7) is 4.55. The fraction of sp³-hybridized carbons (Fsp3) is 0.478. The molecule has 5 rings (SSSR count). The van der Waals surface area contributed by atoms with Crippen LogP contribution in [-0.4, -0.2) is 36.1 Å². The number of piperidine rings is 1. The fourth-order valence-corrected chi connectivity index (χ4v) is 5.21. The molecule has 1 N–H and O–H groups in total. The Labute approximate surface area is 171 Å². The molecule has 2 aliphatic rings. The molecule has 2 aromatic heterocycles. The van der Waals surface area contributed by atoms with Crippen LogP contribution in [0.3, 0.4) is 0 Å². The summed E-state index contributed by atoms with van der Waals surface area (Å²) in [5.74, 6) is 2.94. The highest BCUT2D eigenvalue weighted by molar-refractivity contribution is 7.17. The summed E-state index contributed by atoms with van der Waals surface area (Å²) < 4.78 is 0. The lowest BCUT2D eigenvalue weighted by atomic mass is 9.96. The second-order valence-electron chi connectivity index (χ2n) is 8.26. The molecular weight excluding hydrogens is 364 g/mol. The van der Waals surface area contributed by atoms with E-state index in [2.05, 4.69) is 50.9 Å². The summed E-state index contributed by atoms with van der Waals surface area (Å²) in [7, 11) is 0. The molecule has 5 heteroatoms. The first-order valence-corrected chi connectivity index (χ1v) is 11.5. The third kappa shape index (κ3) is 3.91. The van der Waals surface area contributed by atoms with Crippen molar-refractivity contribution in [3.05, 3.63) is 42.0 Å². The number of benzene rings is 1. The van der Waals surface area contributed by atoms with Gasteiger partial charge in [0, 0.05) is 24.0 Å². The number of anilines is 1. The van der Waals surface area contributed by atoms with Crippen molar-refractivity contribution in [3.63, 3.8) is 0 Å². The van der Waals surface area contributed by atoms with Gasteiger partial charge in [0.2, 0.25) is 0 Å². The Balaban J connectivity index is 1.28. The number of rotatable bonds is 7. The van der Waals surface area contributed by atoms with Crippen LogP contribution in [-0.2, 0) is 0 Å². The smallest absolute Gasteiger partial charge is 0.141 e. The Morgan fingerprint density at radius 3 is 2.61 bits per heavy atom. The maximum atomic E-state index is 4.72. The second kappa shape index (κ2) is 8.18. The predicted octanol–water partition coefficient (Wildman–Crippen LogP) is 4.96. The highest BCUT2D eigenvalue weighted by atomic mass is 32.1. The Morgan fingerprint density at radius 2 is 1.82 bits per heavy atom. The van der Waals surface area contributed by atoms with Gasteiger partial charge in [0.25, 0.3) is 0 Å². The summed E-state index contributed by atoms with van der Waals surface area (Å²) in [5.41, 5.74) is 2.51. The van der Waals surface area contributed by atoms with Crippen molar-refractivity contribution in [3.8, 4) is 11.1 Å². The average Bonchev–Trinajstić information content (AvgIpc) is 3.48. The van der Waals surface area contributed by atoms with E-state index in [1.54, 1.807) is 17.7 Å². The summed E-state index contributed by atoms with van der Waals surface area (Å²) in [4.78, 5) is 12.8. The molecule has 28 heavy (non-hydrogen) atoms. The number of hydrogen-bond donors (Lipinski definition) is 1. The zero-order valence-electron chi connectivity index (χ0n) is 16.3. The van der Waals surface area contributed by atoms with E-state index in [4.69, 9.17) is 4.98 Å². The van der Waals surface area contributed by atoms with Gasteiger partial charge in [-0.25, -0.2) is 9.97 Å². The van der Waals surface area contributed by atoms with Crippen LogP contribution in [0.5, 0.6) is 0 Å². The monoisotopic (exact) mass is 392 g/mol. The van der Waals surface area contributed by atoms with E-state index in [1.165, 1.54) is 61.7 Å². The minimum atomic E-state index is 0.795. The number of nitrogens with one attached hydrogen (secondary N) is 1. The SMILES string of the molecule is c1ccc(-c2csc3ncnc(N4CCC(CNCCC5CC5)CC4)c23)cc1. The highest BCUT2D eigenvalue weighted by Crippen LogP contribution is 2.38. The zero-order chi connectivity index (χ0) is 18.8. The number of fused-ring (bicyclic) bond motifs is 1. The third-order valence-corrected chi connectivity index (χ3v) is 7.09. The van der Waals surface area contributed by atoms with E-state index in [0.717, 1.165) is 35.6 Å². The molecule has 3 aromatic rings. The molecule has 3 heterocycles. The maximum Gasteiger partial charge on any atom is 0.141 e. The second-order valence-corrected chi connectivity index (χ2v) is 9.12. The molecule has 1 aliphatic heterocycles. The molecule has 1 saturated heterocycles. The topological polar surface area (TPSA) is 41.1 Å². The molecule has 1 saturated carbocycles. The van der Waals surface area contributed by atoms with Gasteiger partial charge in [0.1, 0.15) is 17.0 Å². The average molecular weight is 393 g/mol. The molecule has 0 spiro atoms. The highest BCUT2D eigenvalue weighted by Gasteiger charge is 2.24. The number of thiophene rings is 1. The Morgan fingerprint density at radius 1 is 1.00 bits per heavy atom. The number of hydrogen-bond acceptors (Lipinski definition) is 5. The van der Waals surface area contributed by atoms with Crippen LogP contribution in [0.25, 0.3) is 21.3 Å². The lowest BCUT2D eigenvalue weighted by Gasteiger charge is -2.33. The first-order chi connectivity index (χ1) is 13.9. The van der Waals surface area contributed by atoms with Gasteiger partial charge >= 0.3 is 0 Å². The first kappa shape index (κ1) is 18.1. The Hall–Kier alpha value is -1.98. The van der Waals surface area contributed by atoms with Crippen molar-refractivity contribution in [2.24, 2.45) is 11.8 Å². The van der Waals surface area contributed by atoms with Gasteiger partial charge in [0.05, 0.1) is 5.39 Å². The first-order valence-electron chi connectivity index (χ1n) is 10.6. The van der Waals surface area contributed by atoms with Gasteiger partial charge in [-0.1, -0.05) is 43.2 Å². The Kier molecular flexibility index (Phi) is 5.28. The van der Waals surface area contributed by atoms with Crippen molar-refractivity contribution in [1.29, 1.82) is 0 Å². The molecule has 146 valence electrons. The van der Waals surface area contributed by atoms with Crippen molar-refractivity contribution in [2.75, 3.05) is 31.1 Å². The molecule has 1 aromatic carbocycles. The maximum absolute atomic E-state index is 4.72. The van der Waals surface area contributed by atoms with E-state index < -0.39 is 0 Å². The van der Waals surface area contributed by atoms with Gasteiger partial charge in [0.15, 0.2) is 0 Å². The van der Waals surface area contributed by atoms with Crippen LogP contribution in [0.1, 0.15) is 32.1 Å². The van der Waals surface area contributed by atoms with E-state index in [-0.39, 0.29) is 0 Å². The summed E-state index contributed by atoms with van der Waals surface area (Å²) >= 11 is 1.72. The predicted molar refractivity (Wildman–Crippen MR) is 118 cm³/mol. The summed E-state index contributed by atoms with van der Waals surface area (Å²) in [5, 5.41) is 7.15. The molecule has 0 unspecified atom stereocenters. The van der Waals surface area contributed by atoms with Crippen LogP contribution in [0.15, 0.2) is 42.0 Å². The molecule has 4 nitrogen and oxygen atoms in total. The van der Waals surface area contributed by atoms with Crippen LogP contribution in [0.2, 0.25) is 0 Å². The minimum absolute atomic E-state index is 0.795. The van der Waals surface area contributed by atoms with Gasteiger partial charge in [-0.3, -0.25) is 0 Å². The molecule has 2 fully saturated rings. The number of aromatic nitrogens is 2. The van der Waals surface area contributed by atoms with E-state index in [0.29, 0.717) is 0 Å². The fourth-order valence-electron chi connectivity index (χ4n) is 4.30. The number of nitrogens with zero attached hydrogens (tertiary/aromatic N) is 3. The lowest BCUT2D eigenvalue weighted by Crippen LogP contribution is -2.38. The molecular formula is C23H28N4S. The lowest BCUT2D eigenvalue weighted by molar-refractivity contribution is 0.380. The standard InChI is InChI=1S/C23H28N4S/c1-2-4-19(5-3-1)20-15-28-23-21(20)22(25-16-26-23)27-12-9-18(10-13-27)14-24-11-8-17-6-7-17/h1-5,15-18,24H,6-14H2. The van der Waals surface area contributed by atoms with E-state index in [1.807, 2.05) is 0 Å². The third-order valence-electron chi connectivity index (χ3n) is 6.21. The van der Waals surface area contributed by atoms with Crippen LogP contribution >= 0.6 is 11.3 Å². The van der Waals surface area contributed by atoms with Crippen LogP contribution in [0.4, 0.5) is 5.82 Å². The molecule has 0 amide bonds. The minimum Gasteiger partial charge on any atom is -0.356 e. The quantitative estimate of drug-likeness (QED) is 0.577. The van der Waals surface area contributed by atoms with Crippen molar-refractivity contribution < 1.29 is 0 Å². The Bertz CT molecular complexity index is 911. The van der Waals surface area contributed by atoms with Crippen molar-refractivity contribution in [2.45, 2.75) is 32.1 Å². The van der Waals surface area contributed by atoms with E-state index in [9.17, 15) is 0 Å². The van der Waals surface area contributed by atoms with Gasteiger partial charge in [-0.05, 0) is 49.8 Å². The van der Waals surface area contributed by atoms with Crippen molar-refractivity contribution >= 4 is 27.4 Å². The van der Waals surface area contributed by atoms with Crippen LogP contribution in [0, 0.1) is 11.8 Å². The van der Waals surface area contributed by atoms with Crippen LogP contribution < -0.4 is 10.2 Å². The van der Waals surface area contributed by atoms with Gasteiger partial charge in [-0.2, -0.15) is 0 Å². The molecule has 1 aliphatic carbocycles. The summed E-state index contributed by atoms with van der Waals surface area (Å²) in [6.07, 6.45) is 8.51. The molecule has 0 atom stereocenters. The van der Waals surface area contributed by atoms with E-state index >= 15 is 0 Å². The zero-order valence-corrected chi connectivity index (χ0v) is 17.1. The normalized spacial score (nSPS) is 18.1. The molecule has 0 bridgehead atoms. The largest absolute Gasteiger partial charge is 0.356 e. The molecule has 0 radical (unpaired) electrons. The van der Waals surface area contributed by atoms with Crippen molar-refractivity contribution in [1.82, 2.24) is 15.3 Å². The van der Waals surface area contributed by atoms with Gasteiger partial charge in [-0.15, -0.1) is 11.3 Å². The van der Waals surface area contributed by atoms with Gasteiger partial charge < -0.3 is 10.2 Å².